The van der Waals surface area contributed by atoms with Crippen LogP contribution in [0.5, 0.6) is 23.0 Å². The van der Waals surface area contributed by atoms with E-state index in [4.69, 9.17) is 9.47 Å². The quantitative estimate of drug-likeness (QED) is 0.803. The summed E-state index contributed by atoms with van der Waals surface area (Å²) in [6.07, 6.45) is 4.74. The van der Waals surface area contributed by atoms with Gasteiger partial charge < -0.3 is 19.7 Å². The van der Waals surface area contributed by atoms with Crippen molar-refractivity contribution in [3.8, 4) is 23.0 Å². The number of methoxy groups -OCH3 is 1. The monoisotopic (exact) mass is 338 g/mol. The van der Waals surface area contributed by atoms with Gasteiger partial charge in [0.2, 0.25) is 0 Å². The molecule has 0 saturated heterocycles. The fourth-order valence-electron chi connectivity index (χ4n) is 2.90. The average Bonchev–Trinajstić information content (AvgIpc) is 2.60. The van der Waals surface area contributed by atoms with E-state index in [2.05, 4.69) is 6.08 Å². The van der Waals surface area contributed by atoms with Gasteiger partial charge in [-0.15, -0.1) is 0 Å². The van der Waals surface area contributed by atoms with E-state index in [0.29, 0.717) is 18.8 Å². The van der Waals surface area contributed by atoms with Gasteiger partial charge in [0.05, 0.1) is 7.11 Å². The first-order chi connectivity index (χ1) is 12.0. The zero-order valence-corrected chi connectivity index (χ0v) is 14.7. The number of hydrogen-bond donors (Lipinski definition) is 2. The van der Waals surface area contributed by atoms with Gasteiger partial charge in [0.15, 0.2) is 0 Å². The van der Waals surface area contributed by atoms with E-state index >= 15 is 0 Å². The molecule has 1 heterocycles. The molecule has 0 amide bonds. The Morgan fingerprint density at radius 3 is 2.72 bits per heavy atom. The fraction of sp³-hybridized carbons (Fsp3) is 0.238. The molecule has 2 aromatic rings. The van der Waals surface area contributed by atoms with E-state index in [1.54, 1.807) is 25.3 Å². The number of fused-ring (bicyclic) bond motifs is 1. The largest absolute Gasteiger partial charge is 0.508 e. The number of hydrogen-bond acceptors (Lipinski definition) is 4. The Balaban J connectivity index is 2.04. The van der Waals surface area contributed by atoms with E-state index in [9.17, 15) is 10.2 Å². The second-order valence-electron chi connectivity index (χ2n) is 6.31. The molecule has 4 heteroatoms. The minimum atomic E-state index is 0.159. The topological polar surface area (TPSA) is 58.9 Å². The van der Waals surface area contributed by atoms with Gasteiger partial charge in [-0.05, 0) is 50.6 Å². The maximum atomic E-state index is 10.2. The van der Waals surface area contributed by atoms with Crippen LogP contribution in [0.1, 0.15) is 30.5 Å². The van der Waals surface area contributed by atoms with E-state index in [1.807, 2.05) is 32.1 Å². The molecule has 25 heavy (non-hydrogen) atoms. The minimum Gasteiger partial charge on any atom is -0.508 e. The first kappa shape index (κ1) is 17.0. The van der Waals surface area contributed by atoms with E-state index in [-0.39, 0.29) is 11.5 Å². The molecule has 0 bridgehead atoms. The lowest BCUT2D eigenvalue weighted by molar-refractivity contribution is 0.355. The van der Waals surface area contributed by atoms with Crippen molar-refractivity contribution in [3.05, 3.63) is 58.7 Å². The first-order valence-corrected chi connectivity index (χ1v) is 8.18. The molecule has 4 nitrogen and oxygen atoms in total. The Morgan fingerprint density at radius 2 is 2.00 bits per heavy atom. The van der Waals surface area contributed by atoms with Crippen molar-refractivity contribution in [1.82, 2.24) is 0 Å². The summed E-state index contributed by atoms with van der Waals surface area (Å²) in [6.45, 7) is 4.43. The van der Waals surface area contributed by atoms with Gasteiger partial charge in [0, 0.05) is 28.3 Å². The van der Waals surface area contributed by atoms with Gasteiger partial charge in [-0.3, -0.25) is 0 Å². The first-order valence-electron chi connectivity index (χ1n) is 8.18. The molecule has 130 valence electrons. The lowest BCUT2D eigenvalue weighted by Gasteiger charge is -2.22. The summed E-state index contributed by atoms with van der Waals surface area (Å²) in [5.74, 6) is 1.73. The highest BCUT2D eigenvalue weighted by atomic mass is 16.5. The Hall–Kier alpha value is -2.88. The Bertz CT molecular complexity index is 858. The number of phenolic OH excluding ortho intramolecular Hbond substituents is 2. The highest BCUT2D eigenvalue weighted by Gasteiger charge is 2.20. The molecular formula is C21H22O4. The molecule has 0 unspecified atom stereocenters. The van der Waals surface area contributed by atoms with Gasteiger partial charge in [0.25, 0.3) is 0 Å². The molecule has 0 fully saturated rings. The third-order valence-electron chi connectivity index (χ3n) is 4.21. The van der Waals surface area contributed by atoms with E-state index < -0.39 is 0 Å². The molecule has 0 aromatic heterocycles. The predicted octanol–water partition coefficient (Wildman–Crippen LogP) is 4.55. The molecule has 2 N–H and O–H groups in total. The van der Waals surface area contributed by atoms with E-state index in [0.717, 1.165) is 28.0 Å². The molecule has 0 aliphatic carbocycles. The number of ether oxygens (including phenoxy) is 2. The predicted molar refractivity (Wildman–Crippen MR) is 99.3 cm³/mol. The summed E-state index contributed by atoms with van der Waals surface area (Å²) in [6, 6.07) is 8.58. The normalized spacial score (nSPS) is 12.7. The van der Waals surface area contributed by atoms with Crippen molar-refractivity contribution in [2.75, 3.05) is 13.7 Å². The maximum absolute atomic E-state index is 10.2. The SMILES string of the molecule is COc1cc(O)ccc1C1=Cc2ccc(O)c(CC=C(C)C)c2OC1. The number of aromatic hydroxyl groups is 2. The number of phenols is 2. The molecule has 0 atom stereocenters. The lowest BCUT2D eigenvalue weighted by Crippen LogP contribution is -2.09. The number of allylic oxidation sites excluding steroid dienone is 2. The maximum Gasteiger partial charge on any atom is 0.134 e. The van der Waals surface area contributed by atoms with Crippen molar-refractivity contribution in [1.29, 1.82) is 0 Å². The van der Waals surface area contributed by atoms with Crippen LogP contribution in [-0.4, -0.2) is 23.9 Å². The molecule has 2 aromatic carbocycles. The fourth-order valence-corrected chi connectivity index (χ4v) is 2.90. The zero-order chi connectivity index (χ0) is 18.0. The summed E-state index contributed by atoms with van der Waals surface area (Å²) in [4.78, 5) is 0. The zero-order valence-electron chi connectivity index (χ0n) is 14.7. The van der Waals surface area contributed by atoms with Gasteiger partial charge >= 0.3 is 0 Å². The number of benzene rings is 2. The lowest BCUT2D eigenvalue weighted by atomic mass is 9.96. The van der Waals surface area contributed by atoms with Crippen LogP contribution < -0.4 is 9.47 Å². The highest BCUT2D eigenvalue weighted by molar-refractivity contribution is 5.88. The van der Waals surface area contributed by atoms with E-state index in [1.165, 1.54) is 5.57 Å². The Kier molecular flexibility index (Phi) is 4.70. The summed E-state index contributed by atoms with van der Waals surface area (Å²) >= 11 is 0. The second kappa shape index (κ2) is 6.93. The van der Waals surface area contributed by atoms with Crippen LogP contribution in [-0.2, 0) is 6.42 Å². The van der Waals surface area contributed by atoms with Crippen molar-refractivity contribution in [3.63, 3.8) is 0 Å². The standard InChI is InChI=1S/C21H22O4/c1-13(2)4-7-18-19(23)9-5-14-10-15(12-25-21(14)18)17-8-6-16(22)11-20(17)24-3/h4-6,8-11,22-23H,7,12H2,1-3H3. The molecular weight excluding hydrogens is 316 g/mol. The van der Waals surface area contributed by atoms with Gasteiger partial charge in [-0.25, -0.2) is 0 Å². The van der Waals surface area contributed by atoms with Gasteiger partial charge in [-0.2, -0.15) is 0 Å². The highest BCUT2D eigenvalue weighted by Crippen LogP contribution is 2.40. The van der Waals surface area contributed by atoms with Crippen molar-refractivity contribution < 1.29 is 19.7 Å². The van der Waals surface area contributed by atoms with Crippen LogP contribution in [0.3, 0.4) is 0 Å². The molecule has 0 spiro atoms. The summed E-state index contributed by atoms with van der Waals surface area (Å²) in [5, 5.41) is 19.8. The minimum absolute atomic E-state index is 0.159. The van der Waals surface area contributed by atoms with Gasteiger partial charge in [-0.1, -0.05) is 11.6 Å². The summed E-state index contributed by atoms with van der Waals surface area (Å²) in [5.41, 5.74) is 4.75. The summed E-state index contributed by atoms with van der Waals surface area (Å²) in [7, 11) is 1.58. The molecule has 3 rings (SSSR count). The molecule has 0 saturated carbocycles. The summed E-state index contributed by atoms with van der Waals surface area (Å²) < 4.78 is 11.4. The Labute approximate surface area is 147 Å². The van der Waals surface area contributed by atoms with Crippen LogP contribution >= 0.6 is 0 Å². The third kappa shape index (κ3) is 3.48. The Morgan fingerprint density at radius 1 is 1.20 bits per heavy atom. The van der Waals surface area contributed by atoms with Crippen molar-refractivity contribution >= 4 is 11.6 Å². The third-order valence-corrected chi connectivity index (χ3v) is 4.21. The van der Waals surface area contributed by atoms with Crippen LogP contribution in [0, 0.1) is 0 Å². The molecule has 1 aliphatic heterocycles. The van der Waals surface area contributed by atoms with Crippen LogP contribution in [0.2, 0.25) is 0 Å². The second-order valence-corrected chi connectivity index (χ2v) is 6.31. The number of rotatable bonds is 4. The van der Waals surface area contributed by atoms with Crippen LogP contribution in [0.4, 0.5) is 0 Å². The van der Waals surface area contributed by atoms with Crippen molar-refractivity contribution in [2.45, 2.75) is 20.3 Å². The van der Waals surface area contributed by atoms with Gasteiger partial charge in [0.1, 0.15) is 29.6 Å². The molecule has 1 aliphatic rings. The molecule has 0 radical (unpaired) electrons. The smallest absolute Gasteiger partial charge is 0.134 e. The average molecular weight is 338 g/mol. The van der Waals surface area contributed by atoms with Crippen molar-refractivity contribution in [2.24, 2.45) is 0 Å². The van der Waals surface area contributed by atoms with Crippen LogP contribution in [0.25, 0.3) is 11.6 Å². The van der Waals surface area contributed by atoms with Crippen LogP contribution in [0.15, 0.2) is 42.0 Å².